The molecule has 2 N–H and O–H groups in total. The third kappa shape index (κ3) is 6.35. The van der Waals surface area contributed by atoms with Crippen molar-refractivity contribution in [2.45, 2.75) is 72.3 Å². The number of hydrogen-bond acceptors (Lipinski definition) is 7. The van der Waals surface area contributed by atoms with Crippen LogP contribution in [0.15, 0.2) is 0 Å². The Hall–Kier alpha value is -1.83. The summed E-state index contributed by atoms with van der Waals surface area (Å²) >= 11 is 0. The minimum atomic E-state index is -1.89. The molecule has 0 unspecified atom stereocenters. The largest absolute Gasteiger partial charge is 0.516 e. The van der Waals surface area contributed by atoms with Crippen LogP contribution < -0.4 is 5.73 Å². The van der Waals surface area contributed by atoms with E-state index < -0.39 is 41.0 Å². The molecule has 8 nitrogen and oxygen atoms in total. The highest BCUT2D eigenvalue weighted by Gasteiger charge is 2.48. The number of amides is 1. The van der Waals surface area contributed by atoms with Gasteiger partial charge in [0.2, 0.25) is 0 Å². The molecule has 24 heavy (non-hydrogen) atoms. The van der Waals surface area contributed by atoms with Crippen LogP contribution >= 0.6 is 0 Å². The van der Waals surface area contributed by atoms with E-state index in [0.717, 1.165) is 4.90 Å². The summed E-state index contributed by atoms with van der Waals surface area (Å²) in [6.07, 6.45) is -1.99. The van der Waals surface area contributed by atoms with Gasteiger partial charge in [-0.3, -0.25) is 10.6 Å². The molecule has 0 aliphatic heterocycles. The molecule has 0 aliphatic rings. The second-order valence-corrected chi connectivity index (χ2v) is 7.87. The van der Waals surface area contributed by atoms with Gasteiger partial charge in [-0.15, -0.1) is 0 Å². The van der Waals surface area contributed by atoms with Gasteiger partial charge in [-0.1, -0.05) is 13.8 Å². The zero-order valence-electron chi connectivity index (χ0n) is 16.1. The lowest BCUT2D eigenvalue weighted by atomic mass is 9.95. The number of ether oxygens (including phenoxy) is 3. The normalized spacial score (nSPS) is 14.6. The van der Waals surface area contributed by atoms with E-state index in [9.17, 15) is 14.4 Å². The zero-order valence-corrected chi connectivity index (χ0v) is 16.1. The summed E-state index contributed by atoms with van der Waals surface area (Å²) < 4.78 is 14.8. The topological polar surface area (TPSA) is 108 Å². The average molecular weight is 346 g/mol. The first-order valence-electron chi connectivity index (χ1n) is 7.71. The highest BCUT2D eigenvalue weighted by Crippen LogP contribution is 2.23. The van der Waals surface area contributed by atoms with Crippen molar-refractivity contribution in [3.63, 3.8) is 0 Å². The number of nitrogens with two attached hydrogens (primary N) is 1. The number of esters is 1. The maximum Gasteiger partial charge on any atom is 0.516 e. The van der Waals surface area contributed by atoms with Crippen molar-refractivity contribution in [1.82, 2.24) is 4.90 Å². The van der Waals surface area contributed by atoms with Gasteiger partial charge in [0.05, 0.1) is 0 Å². The summed E-state index contributed by atoms with van der Waals surface area (Å²) in [5, 5.41) is 0. The van der Waals surface area contributed by atoms with Gasteiger partial charge in [0.1, 0.15) is 11.2 Å². The highest BCUT2D eigenvalue weighted by molar-refractivity contribution is 5.91. The number of carbonyl (C=O) groups excluding carboxylic acids is 3. The van der Waals surface area contributed by atoms with E-state index in [1.165, 1.54) is 7.05 Å². The molecule has 0 saturated heterocycles. The lowest BCUT2D eigenvalue weighted by Gasteiger charge is -2.39. The molecule has 0 spiro atoms. The fraction of sp³-hybridized carbons (Fsp3) is 0.812. The van der Waals surface area contributed by atoms with Crippen molar-refractivity contribution in [3.05, 3.63) is 0 Å². The monoisotopic (exact) mass is 346 g/mol. The molecule has 140 valence electrons. The number of hydrogen-bond donors (Lipinski definition) is 1. The molecule has 0 fully saturated rings. The molecule has 0 aromatic heterocycles. The second kappa shape index (κ2) is 7.38. The lowest BCUT2D eigenvalue weighted by molar-refractivity contribution is -0.157. The fourth-order valence-corrected chi connectivity index (χ4v) is 1.67. The maximum atomic E-state index is 12.4. The Bertz CT molecular complexity index is 490. The summed E-state index contributed by atoms with van der Waals surface area (Å²) in [4.78, 5) is 37.3. The molecule has 0 saturated carbocycles. The molecule has 0 aliphatic carbocycles. The summed E-state index contributed by atoms with van der Waals surface area (Å²) in [7, 11) is 1.31. The first-order chi connectivity index (χ1) is 10.5. The van der Waals surface area contributed by atoms with Crippen LogP contribution in [0.4, 0.5) is 9.59 Å². The van der Waals surface area contributed by atoms with Crippen LogP contribution in [0.25, 0.3) is 0 Å². The van der Waals surface area contributed by atoms with Crippen LogP contribution in [0.2, 0.25) is 0 Å². The van der Waals surface area contributed by atoms with E-state index in [-0.39, 0.29) is 0 Å². The van der Waals surface area contributed by atoms with Crippen LogP contribution in [0.3, 0.4) is 0 Å². The molecule has 1 amide bonds. The van der Waals surface area contributed by atoms with Gasteiger partial charge in [-0.25, -0.2) is 14.4 Å². The van der Waals surface area contributed by atoms with Gasteiger partial charge < -0.3 is 14.2 Å². The Balaban J connectivity index is 5.33. The first kappa shape index (κ1) is 22.2. The predicted octanol–water partition coefficient (Wildman–Crippen LogP) is 2.64. The van der Waals surface area contributed by atoms with Crippen molar-refractivity contribution in [1.29, 1.82) is 0 Å². The van der Waals surface area contributed by atoms with E-state index in [0.29, 0.717) is 0 Å². The summed E-state index contributed by atoms with van der Waals surface area (Å²) in [5.74, 6) is -1.65. The summed E-state index contributed by atoms with van der Waals surface area (Å²) in [6.45, 7) is 13.2. The zero-order chi connectivity index (χ0) is 19.5. The molecular weight excluding hydrogens is 316 g/mol. The average Bonchev–Trinajstić information content (AvgIpc) is 2.31. The van der Waals surface area contributed by atoms with E-state index in [4.69, 9.17) is 15.2 Å². The van der Waals surface area contributed by atoms with Gasteiger partial charge >= 0.3 is 18.2 Å². The van der Waals surface area contributed by atoms with Crippen molar-refractivity contribution in [3.8, 4) is 0 Å². The van der Waals surface area contributed by atoms with Gasteiger partial charge in [-0.05, 0) is 41.5 Å². The third-order valence-electron chi connectivity index (χ3n) is 3.00. The molecule has 0 aromatic carbocycles. The lowest BCUT2D eigenvalue weighted by Crippen LogP contribution is -2.66. The highest BCUT2D eigenvalue weighted by atomic mass is 16.7. The molecule has 1 atom stereocenters. The van der Waals surface area contributed by atoms with Crippen molar-refractivity contribution < 1.29 is 28.6 Å². The molecule has 0 bridgehead atoms. The van der Waals surface area contributed by atoms with Crippen molar-refractivity contribution >= 4 is 18.2 Å². The summed E-state index contributed by atoms with van der Waals surface area (Å²) in [6, 6.07) is 0. The van der Waals surface area contributed by atoms with Gasteiger partial charge in [0, 0.05) is 13.0 Å². The Morgan fingerprint density at radius 3 is 1.67 bits per heavy atom. The van der Waals surface area contributed by atoms with Crippen molar-refractivity contribution in [2.75, 3.05) is 7.05 Å². The Morgan fingerprint density at radius 2 is 1.33 bits per heavy atom. The number of rotatable bonds is 3. The second-order valence-electron chi connectivity index (χ2n) is 7.87. The minimum absolute atomic E-state index is 0.551. The van der Waals surface area contributed by atoms with Gasteiger partial charge in [0.25, 0.3) is 0 Å². The molecular formula is C16H30N2O6. The van der Waals surface area contributed by atoms with Crippen LogP contribution in [-0.2, 0) is 19.0 Å². The minimum Gasteiger partial charge on any atom is -0.444 e. The molecule has 0 aromatic rings. The third-order valence-corrected chi connectivity index (χ3v) is 3.00. The number of nitrogens with zero attached hydrogens (tertiary/aromatic N) is 1. The Labute approximate surface area is 143 Å². The quantitative estimate of drug-likeness (QED) is 0.475. The Kier molecular flexibility index (Phi) is 6.81. The van der Waals surface area contributed by atoms with Gasteiger partial charge in [0.15, 0.2) is 5.66 Å². The van der Waals surface area contributed by atoms with E-state index in [1.807, 2.05) is 0 Å². The standard InChI is InChI=1S/C16H30N2O6/c1-10(2)16(17,18(9)12(20)23-14(3,4)5)11(19)22-13(21)24-15(6,7)8/h10H,17H2,1-9H3/t16-/m0/s1. The van der Waals surface area contributed by atoms with E-state index >= 15 is 0 Å². The van der Waals surface area contributed by atoms with E-state index in [2.05, 4.69) is 4.74 Å². The maximum absolute atomic E-state index is 12.4. The van der Waals surface area contributed by atoms with E-state index in [1.54, 1.807) is 55.4 Å². The smallest absolute Gasteiger partial charge is 0.444 e. The van der Waals surface area contributed by atoms with Gasteiger partial charge in [-0.2, -0.15) is 0 Å². The van der Waals surface area contributed by atoms with Crippen molar-refractivity contribution in [2.24, 2.45) is 11.7 Å². The SMILES string of the molecule is CC(C)[C@@](N)(C(=O)OC(=O)OC(C)(C)C)N(C)C(=O)OC(C)(C)C. The Morgan fingerprint density at radius 1 is 0.917 bits per heavy atom. The fourth-order valence-electron chi connectivity index (χ4n) is 1.67. The van der Waals surface area contributed by atoms with Crippen LogP contribution in [0.1, 0.15) is 55.4 Å². The number of carbonyl (C=O) groups is 3. The predicted molar refractivity (Wildman–Crippen MR) is 88.1 cm³/mol. The molecule has 8 heteroatoms. The van der Waals surface area contributed by atoms with Crippen LogP contribution in [-0.4, -0.2) is 47.0 Å². The van der Waals surface area contributed by atoms with Crippen LogP contribution in [0, 0.1) is 5.92 Å². The summed E-state index contributed by atoms with van der Waals surface area (Å²) in [5.41, 5.74) is 2.62. The first-order valence-corrected chi connectivity index (χ1v) is 7.71. The molecule has 0 radical (unpaired) electrons. The molecule has 0 heterocycles. The van der Waals surface area contributed by atoms with Crippen LogP contribution in [0.5, 0.6) is 0 Å². The number of likely N-dealkylation sites (N-methyl/N-ethyl adjacent to an activating group) is 1. The molecule has 0 rings (SSSR count).